The number of carboxylic acid groups (broad SMARTS) is 1. The number of nitrogens with zero attached hydrogens (tertiary/aromatic N) is 2. The largest absolute Gasteiger partial charge is 0.481 e. The van der Waals surface area contributed by atoms with Gasteiger partial charge in [0.15, 0.2) is 0 Å². The van der Waals surface area contributed by atoms with E-state index >= 15 is 0 Å². The van der Waals surface area contributed by atoms with E-state index < -0.39 is 11.9 Å². The van der Waals surface area contributed by atoms with Crippen molar-refractivity contribution in [3.63, 3.8) is 0 Å². The molecule has 1 heterocycles. The molecule has 1 atom stereocenters. The van der Waals surface area contributed by atoms with E-state index in [1.165, 1.54) is 9.13 Å². The van der Waals surface area contributed by atoms with E-state index in [0.29, 0.717) is 0 Å². The molecule has 5 heteroatoms. The van der Waals surface area contributed by atoms with Crippen LogP contribution in [0.4, 0.5) is 0 Å². The molecular formula is C9H14N2O3. The normalized spacial score (nSPS) is 12.8. The van der Waals surface area contributed by atoms with Crippen LogP contribution < -0.4 is 5.69 Å². The van der Waals surface area contributed by atoms with Crippen LogP contribution in [0.15, 0.2) is 11.0 Å². The van der Waals surface area contributed by atoms with Crippen molar-refractivity contribution in [1.82, 2.24) is 9.13 Å². The number of aryl methyl sites for hydroxylation is 2. The van der Waals surface area contributed by atoms with E-state index in [-0.39, 0.29) is 12.2 Å². The summed E-state index contributed by atoms with van der Waals surface area (Å²) in [4.78, 5) is 22.1. The third-order valence-corrected chi connectivity index (χ3v) is 2.22. The highest BCUT2D eigenvalue weighted by Gasteiger charge is 2.14. The molecule has 0 fully saturated rings. The third-order valence-electron chi connectivity index (χ3n) is 2.22. The van der Waals surface area contributed by atoms with Crippen LogP contribution in [-0.4, -0.2) is 20.2 Å². The average molecular weight is 198 g/mol. The molecule has 0 bridgehead atoms. The fourth-order valence-corrected chi connectivity index (χ4v) is 1.32. The summed E-state index contributed by atoms with van der Waals surface area (Å²) < 4.78 is 2.92. The Morgan fingerprint density at radius 1 is 1.64 bits per heavy atom. The molecular weight excluding hydrogens is 184 g/mol. The van der Waals surface area contributed by atoms with Crippen molar-refractivity contribution < 1.29 is 9.90 Å². The van der Waals surface area contributed by atoms with E-state index in [1.807, 2.05) is 0 Å². The van der Waals surface area contributed by atoms with Crippen molar-refractivity contribution in [3.8, 4) is 0 Å². The lowest BCUT2D eigenvalue weighted by Crippen LogP contribution is -2.27. The van der Waals surface area contributed by atoms with Gasteiger partial charge in [-0.25, -0.2) is 4.79 Å². The lowest BCUT2D eigenvalue weighted by Gasteiger charge is -2.07. The standard InChI is InChI=1S/C9H14N2O3/c1-6(8(12)13)4-11-7(2)5-10(3)9(11)14/h5-6H,4H2,1-3H3,(H,12,13). The van der Waals surface area contributed by atoms with Crippen LogP contribution in [0.2, 0.25) is 0 Å². The lowest BCUT2D eigenvalue weighted by atomic mass is 10.2. The van der Waals surface area contributed by atoms with Gasteiger partial charge in [0.25, 0.3) is 0 Å². The first-order chi connectivity index (χ1) is 6.43. The van der Waals surface area contributed by atoms with E-state index in [4.69, 9.17) is 5.11 Å². The molecule has 0 aliphatic heterocycles. The molecule has 1 unspecified atom stereocenters. The minimum atomic E-state index is -0.889. The highest BCUT2D eigenvalue weighted by atomic mass is 16.4. The summed E-state index contributed by atoms with van der Waals surface area (Å²) in [5.41, 5.74) is 0.612. The Morgan fingerprint density at radius 3 is 2.57 bits per heavy atom. The molecule has 1 N–H and O–H groups in total. The van der Waals surface area contributed by atoms with E-state index in [9.17, 15) is 9.59 Å². The van der Waals surface area contributed by atoms with Crippen LogP contribution in [0.3, 0.4) is 0 Å². The Labute approximate surface area is 81.6 Å². The number of carboxylic acids is 1. The molecule has 1 rings (SSSR count). The van der Waals surface area contributed by atoms with Crippen LogP contribution in [0.5, 0.6) is 0 Å². The van der Waals surface area contributed by atoms with Gasteiger partial charge in [0.1, 0.15) is 0 Å². The van der Waals surface area contributed by atoms with Crippen molar-refractivity contribution in [2.75, 3.05) is 0 Å². The summed E-state index contributed by atoms with van der Waals surface area (Å²) in [6, 6.07) is 0. The van der Waals surface area contributed by atoms with Gasteiger partial charge in [0, 0.05) is 25.5 Å². The van der Waals surface area contributed by atoms with E-state index in [1.54, 1.807) is 27.1 Å². The maximum atomic E-state index is 11.5. The number of imidazole rings is 1. The Balaban J connectivity index is 2.97. The first-order valence-corrected chi connectivity index (χ1v) is 4.39. The molecule has 0 spiro atoms. The maximum Gasteiger partial charge on any atom is 0.328 e. The molecule has 14 heavy (non-hydrogen) atoms. The summed E-state index contributed by atoms with van der Waals surface area (Å²) in [5, 5.41) is 8.71. The quantitative estimate of drug-likeness (QED) is 0.755. The van der Waals surface area contributed by atoms with Crippen molar-refractivity contribution in [2.45, 2.75) is 20.4 Å². The Morgan fingerprint density at radius 2 is 2.21 bits per heavy atom. The molecule has 1 aromatic rings. The Hall–Kier alpha value is -1.52. The second kappa shape index (κ2) is 3.69. The number of aliphatic carboxylic acids is 1. The summed E-state index contributed by atoms with van der Waals surface area (Å²) in [7, 11) is 1.65. The van der Waals surface area contributed by atoms with Gasteiger partial charge in [0.2, 0.25) is 0 Å². The summed E-state index contributed by atoms with van der Waals surface area (Å²) in [5.74, 6) is -1.44. The van der Waals surface area contributed by atoms with Crippen LogP contribution in [0, 0.1) is 12.8 Å². The highest BCUT2D eigenvalue weighted by molar-refractivity contribution is 5.69. The molecule has 0 saturated carbocycles. The third kappa shape index (κ3) is 1.86. The predicted octanol–water partition coefficient (Wildman–Crippen LogP) is 0.216. The molecule has 78 valence electrons. The lowest BCUT2D eigenvalue weighted by molar-refractivity contribution is -0.141. The van der Waals surface area contributed by atoms with Gasteiger partial charge in [-0.15, -0.1) is 0 Å². The first-order valence-electron chi connectivity index (χ1n) is 4.39. The summed E-state index contributed by atoms with van der Waals surface area (Å²) >= 11 is 0. The number of aromatic nitrogens is 2. The molecule has 1 aromatic heterocycles. The Bertz CT molecular complexity index is 403. The van der Waals surface area contributed by atoms with Gasteiger partial charge in [-0.05, 0) is 6.92 Å². The van der Waals surface area contributed by atoms with Crippen LogP contribution in [-0.2, 0) is 18.4 Å². The first kappa shape index (κ1) is 10.6. The zero-order valence-electron chi connectivity index (χ0n) is 8.52. The molecule has 0 aliphatic carbocycles. The summed E-state index contributed by atoms with van der Waals surface area (Å²) in [6.45, 7) is 3.60. The molecule has 5 nitrogen and oxygen atoms in total. The average Bonchev–Trinajstić information content (AvgIpc) is 2.32. The van der Waals surface area contributed by atoms with Crippen LogP contribution >= 0.6 is 0 Å². The molecule has 0 saturated heterocycles. The molecule has 0 amide bonds. The van der Waals surface area contributed by atoms with Gasteiger partial charge in [0.05, 0.1) is 5.92 Å². The zero-order chi connectivity index (χ0) is 10.9. The second-order valence-corrected chi connectivity index (χ2v) is 3.51. The topological polar surface area (TPSA) is 64.2 Å². The van der Waals surface area contributed by atoms with E-state index in [2.05, 4.69) is 0 Å². The molecule has 0 radical (unpaired) electrons. The highest BCUT2D eigenvalue weighted by Crippen LogP contribution is 2.02. The number of hydrogen-bond donors (Lipinski definition) is 1. The van der Waals surface area contributed by atoms with Crippen LogP contribution in [0.25, 0.3) is 0 Å². The van der Waals surface area contributed by atoms with Crippen molar-refractivity contribution in [1.29, 1.82) is 0 Å². The predicted molar refractivity (Wildman–Crippen MR) is 51.2 cm³/mol. The second-order valence-electron chi connectivity index (χ2n) is 3.51. The smallest absolute Gasteiger partial charge is 0.328 e. The number of rotatable bonds is 3. The van der Waals surface area contributed by atoms with Crippen molar-refractivity contribution in [3.05, 3.63) is 22.4 Å². The Kier molecular flexibility index (Phi) is 2.78. The summed E-state index contributed by atoms with van der Waals surface area (Å²) in [6.07, 6.45) is 1.69. The molecule has 0 aliphatic rings. The zero-order valence-corrected chi connectivity index (χ0v) is 8.52. The molecule has 0 aromatic carbocycles. The van der Waals surface area contributed by atoms with Crippen LogP contribution in [0.1, 0.15) is 12.6 Å². The SMILES string of the molecule is Cc1cn(C)c(=O)n1CC(C)C(=O)O. The monoisotopic (exact) mass is 198 g/mol. The maximum absolute atomic E-state index is 11.5. The number of hydrogen-bond acceptors (Lipinski definition) is 2. The number of carbonyl (C=O) groups is 1. The van der Waals surface area contributed by atoms with Gasteiger partial charge in [-0.3, -0.25) is 9.36 Å². The van der Waals surface area contributed by atoms with Gasteiger partial charge in [-0.2, -0.15) is 0 Å². The fraction of sp³-hybridized carbons (Fsp3) is 0.556. The van der Waals surface area contributed by atoms with Gasteiger partial charge in [-0.1, -0.05) is 6.92 Å². The van der Waals surface area contributed by atoms with Crippen molar-refractivity contribution in [2.24, 2.45) is 13.0 Å². The van der Waals surface area contributed by atoms with Crippen molar-refractivity contribution >= 4 is 5.97 Å². The minimum absolute atomic E-state index is 0.171. The van der Waals surface area contributed by atoms with Gasteiger partial charge >= 0.3 is 11.7 Å². The van der Waals surface area contributed by atoms with E-state index in [0.717, 1.165) is 5.69 Å². The minimum Gasteiger partial charge on any atom is -0.481 e. The van der Waals surface area contributed by atoms with Gasteiger partial charge < -0.3 is 9.67 Å². The fourth-order valence-electron chi connectivity index (χ4n) is 1.32.